The molecule has 0 aliphatic heterocycles. The van der Waals surface area contributed by atoms with E-state index < -0.39 is 0 Å². The highest BCUT2D eigenvalue weighted by atomic mass is 32.2. The maximum Gasteiger partial charge on any atom is 0.234 e. The van der Waals surface area contributed by atoms with Crippen molar-refractivity contribution in [3.8, 4) is 11.4 Å². The van der Waals surface area contributed by atoms with Gasteiger partial charge in [-0.1, -0.05) is 68.4 Å². The largest absolute Gasteiger partial charge is 0.325 e. The molecule has 1 amide bonds. The highest BCUT2D eigenvalue weighted by molar-refractivity contribution is 7.99. The summed E-state index contributed by atoms with van der Waals surface area (Å²) in [5.41, 5.74) is 4.35. The summed E-state index contributed by atoms with van der Waals surface area (Å²) >= 11 is 1.42. The Morgan fingerprint density at radius 2 is 1.90 bits per heavy atom. The van der Waals surface area contributed by atoms with E-state index in [9.17, 15) is 4.79 Å². The zero-order valence-electron chi connectivity index (χ0n) is 18.2. The minimum atomic E-state index is -0.0422. The van der Waals surface area contributed by atoms with Crippen molar-refractivity contribution in [3.63, 3.8) is 0 Å². The molecule has 0 aliphatic carbocycles. The van der Waals surface area contributed by atoms with Crippen molar-refractivity contribution in [3.05, 3.63) is 59.7 Å². The van der Waals surface area contributed by atoms with E-state index in [1.165, 1.54) is 22.9 Å². The van der Waals surface area contributed by atoms with Crippen LogP contribution in [0.4, 0.5) is 5.69 Å². The van der Waals surface area contributed by atoms with Crippen LogP contribution in [-0.4, -0.2) is 26.4 Å². The van der Waals surface area contributed by atoms with Gasteiger partial charge in [-0.25, -0.2) is 0 Å². The molecule has 0 aliphatic rings. The molecule has 5 nitrogen and oxygen atoms in total. The Morgan fingerprint density at radius 1 is 1.13 bits per heavy atom. The number of rotatable bonds is 9. The van der Waals surface area contributed by atoms with Crippen molar-refractivity contribution in [1.82, 2.24) is 14.8 Å². The molecular formula is C24H30N4OS. The number of nitrogens with zero attached hydrogens (tertiary/aromatic N) is 3. The van der Waals surface area contributed by atoms with Crippen LogP contribution in [0, 0.1) is 6.92 Å². The normalized spacial score (nSPS) is 12.0. The van der Waals surface area contributed by atoms with Gasteiger partial charge >= 0.3 is 0 Å². The quantitative estimate of drug-likeness (QED) is 0.436. The van der Waals surface area contributed by atoms with Gasteiger partial charge in [0, 0.05) is 17.8 Å². The molecule has 0 bridgehead atoms. The number of benzene rings is 2. The molecule has 0 saturated carbocycles. The van der Waals surface area contributed by atoms with Crippen molar-refractivity contribution in [2.24, 2.45) is 0 Å². The fourth-order valence-electron chi connectivity index (χ4n) is 3.28. The highest BCUT2D eigenvalue weighted by Gasteiger charge is 2.15. The number of thioether (sulfide) groups is 1. The van der Waals surface area contributed by atoms with Gasteiger partial charge in [0.2, 0.25) is 5.91 Å². The molecule has 1 heterocycles. The lowest BCUT2D eigenvalue weighted by molar-refractivity contribution is -0.113. The second kappa shape index (κ2) is 10.4. The van der Waals surface area contributed by atoms with Crippen LogP contribution in [0.25, 0.3) is 11.4 Å². The Bertz CT molecular complexity index is 981. The highest BCUT2D eigenvalue weighted by Crippen LogP contribution is 2.25. The molecule has 3 aromatic rings. The summed E-state index contributed by atoms with van der Waals surface area (Å²) in [6.07, 6.45) is 2.07. The molecule has 30 heavy (non-hydrogen) atoms. The Kier molecular flexibility index (Phi) is 7.69. The van der Waals surface area contributed by atoms with Gasteiger partial charge < -0.3 is 9.88 Å². The van der Waals surface area contributed by atoms with Gasteiger partial charge in [0.05, 0.1) is 5.75 Å². The molecule has 158 valence electrons. The molecule has 1 unspecified atom stereocenters. The number of aromatic nitrogens is 3. The van der Waals surface area contributed by atoms with Crippen molar-refractivity contribution in [2.75, 3.05) is 11.1 Å². The standard InChI is InChI=1S/C24H30N4OS/c1-5-14-28-23(20-9-7-8-17(3)15-20)26-27-24(28)30-16-22(29)25-21-12-10-19(11-13-21)18(4)6-2/h7-13,15,18H,5-6,14,16H2,1-4H3,(H,25,29). The molecule has 6 heteroatoms. The first kappa shape index (κ1) is 22.1. The third-order valence-electron chi connectivity index (χ3n) is 5.15. The minimum Gasteiger partial charge on any atom is -0.325 e. The predicted octanol–water partition coefficient (Wildman–Crippen LogP) is 5.91. The van der Waals surface area contributed by atoms with Crippen LogP contribution in [0.2, 0.25) is 0 Å². The van der Waals surface area contributed by atoms with E-state index in [-0.39, 0.29) is 5.91 Å². The Labute approximate surface area is 183 Å². The van der Waals surface area contributed by atoms with Crippen LogP contribution in [-0.2, 0) is 11.3 Å². The number of amides is 1. The van der Waals surface area contributed by atoms with Crippen LogP contribution >= 0.6 is 11.8 Å². The zero-order valence-corrected chi connectivity index (χ0v) is 19.0. The van der Waals surface area contributed by atoms with Gasteiger partial charge in [0.25, 0.3) is 0 Å². The number of hydrogen-bond acceptors (Lipinski definition) is 4. The maximum absolute atomic E-state index is 12.5. The number of hydrogen-bond donors (Lipinski definition) is 1. The van der Waals surface area contributed by atoms with E-state index in [1.54, 1.807) is 0 Å². The van der Waals surface area contributed by atoms with Crippen LogP contribution in [0.15, 0.2) is 53.7 Å². The molecule has 1 atom stereocenters. The van der Waals surface area contributed by atoms with Gasteiger partial charge in [0.15, 0.2) is 11.0 Å². The van der Waals surface area contributed by atoms with Crippen molar-refractivity contribution in [2.45, 2.75) is 58.2 Å². The summed E-state index contributed by atoms with van der Waals surface area (Å²) in [6, 6.07) is 16.4. The smallest absolute Gasteiger partial charge is 0.234 e. The summed E-state index contributed by atoms with van der Waals surface area (Å²) in [6.45, 7) is 9.40. The van der Waals surface area contributed by atoms with Crippen LogP contribution < -0.4 is 5.32 Å². The van der Waals surface area contributed by atoms with E-state index in [2.05, 4.69) is 72.0 Å². The van der Waals surface area contributed by atoms with E-state index in [4.69, 9.17) is 0 Å². The monoisotopic (exact) mass is 422 g/mol. The third kappa shape index (κ3) is 5.51. The van der Waals surface area contributed by atoms with E-state index in [0.29, 0.717) is 11.7 Å². The number of anilines is 1. The second-order valence-electron chi connectivity index (χ2n) is 7.60. The van der Waals surface area contributed by atoms with Crippen LogP contribution in [0.1, 0.15) is 50.7 Å². The Hall–Kier alpha value is -2.60. The van der Waals surface area contributed by atoms with Gasteiger partial charge in [0.1, 0.15) is 0 Å². The number of carbonyl (C=O) groups is 1. The molecule has 0 fully saturated rings. The molecule has 0 spiro atoms. The summed E-state index contributed by atoms with van der Waals surface area (Å²) in [5.74, 6) is 1.63. The molecule has 0 saturated heterocycles. The van der Waals surface area contributed by atoms with Crippen molar-refractivity contribution in [1.29, 1.82) is 0 Å². The van der Waals surface area contributed by atoms with E-state index >= 15 is 0 Å². The SMILES string of the molecule is CCCn1c(SCC(=O)Nc2ccc(C(C)CC)cc2)nnc1-c1cccc(C)c1. The average Bonchev–Trinajstić information content (AvgIpc) is 3.15. The number of nitrogens with one attached hydrogen (secondary N) is 1. The fourth-order valence-corrected chi connectivity index (χ4v) is 4.04. The molecule has 0 radical (unpaired) electrons. The van der Waals surface area contributed by atoms with E-state index in [1.807, 2.05) is 24.3 Å². The van der Waals surface area contributed by atoms with Crippen molar-refractivity contribution >= 4 is 23.4 Å². The fraction of sp³-hybridized carbons (Fsp3) is 0.375. The van der Waals surface area contributed by atoms with Gasteiger partial charge in [-0.05, 0) is 49.4 Å². The summed E-state index contributed by atoms with van der Waals surface area (Å²) in [7, 11) is 0. The molecule has 2 aromatic carbocycles. The molecule has 3 rings (SSSR count). The number of carbonyl (C=O) groups excluding carboxylic acids is 1. The summed E-state index contributed by atoms with van der Waals surface area (Å²) in [4.78, 5) is 12.5. The van der Waals surface area contributed by atoms with E-state index in [0.717, 1.165) is 41.6 Å². The minimum absolute atomic E-state index is 0.0422. The summed E-state index contributed by atoms with van der Waals surface area (Å²) < 4.78 is 2.10. The molecule has 1 N–H and O–H groups in total. The van der Waals surface area contributed by atoms with Gasteiger partial charge in [-0.15, -0.1) is 10.2 Å². The first-order chi connectivity index (χ1) is 14.5. The van der Waals surface area contributed by atoms with Crippen LogP contribution in [0.3, 0.4) is 0 Å². The lowest BCUT2D eigenvalue weighted by Gasteiger charge is -2.11. The van der Waals surface area contributed by atoms with Gasteiger partial charge in [-0.2, -0.15) is 0 Å². The lowest BCUT2D eigenvalue weighted by Crippen LogP contribution is -2.14. The molecular weight excluding hydrogens is 392 g/mol. The average molecular weight is 423 g/mol. The van der Waals surface area contributed by atoms with Crippen molar-refractivity contribution < 1.29 is 4.79 Å². The number of aryl methyl sites for hydroxylation is 1. The first-order valence-electron chi connectivity index (χ1n) is 10.5. The maximum atomic E-state index is 12.5. The predicted molar refractivity (Wildman–Crippen MR) is 125 cm³/mol. The van der Waals surface area contributed by atoms with Gasteiger partial charge in [-0.3, -0.25) is 4.79 Å². The summed E-state index contributed by atoms with van der Waals surface area (Å²) in [5, 5.41) is 12.5. The topological polar surface area (TPSA) is 59.8 Å². The van der Waals surface area contributed by atoms with Crippen LogP contribution in [0.5, 0.6) is 0 Å². The lowest BCUT2D eigenvalue weighted by atomic mass is 9.99. The third-order valence-corrected chi connectivity index (χ3v) is 6.12. The Morgan fingerprint density at radius 3 is 2.57 bits per heavy atom. The molecule has 1 aromatic heterocycles. The second-order valence-corrected chi connectivity index (χ2v) is 8.54. The first-order valence-corrected chi connectivity index (χ1v) is 11.5. The zero-order chi connectivity index (χ0) is 21.5. The Balaban J connectivity index is 1.65.